The van der Waals surface area contributed by atoms with Gasteiger partial charge in [-0.05, 0) is 19.8 Å². The highest BCUT2D eigenvalue weighted by molar-refractivity contribution is 7.39. The highest BCUT2D eigenvalue weighted by Gasteiger charge is 2.47. The Morgan fingerprint density at radius 2 is 2.03 bits per heavy atom. The fourth-order valence-corrected chi connectivity index (χ4v) is 4.67. The maximum Gasteiger partial charge on any atom is 0.219 e. The summed E-state index contributed by atoms with van der Waals surface area (Å²) < 4.78 is 26.9. The van der Waals surface area contributed by atoms with Gasteiger partial charge in [0, 0.05) is 13.5 Å². The molecular weight excluding hydrogens is 413 g/mol. The summed E-state index contributed by atoms with van der Waals surface area (Å²) in [5, 5.41) is 39.1. The zero-order valence-electron chi connectivity index (χ0n) is 17.5. The topological polar surface area (TPSA) is 156 Å². The molecule has 1 saturated heterocycles. The first kappa shape index (κ1) is 23.1. The largest absolute Gasteiger partial charge is 0.388 e. The van der Waals surface area contributed by atoms with Crippen LogP contribution in [0, 0.1) is 5.41 Å². The van der Waals surface area contributed by atoms with E-state index in [-0.39, 0.29) is 11.9 Å². The van der Waals surface area contributed by atoms with Crippen LogP contribution in [0.2, 0.25) is 0 Å². The average molecular weight is 443 g/mol. The third kappa shape index (κ3) is 4.23. The lowest BCUT2D eigenvalue weighted by atomic mass is 9.93. The van der Waals surface area contributed by atoms with Gasteiger partial charge in [0.15, 0.2) is 17.4 Å². The first-order valence-corrected chi connectivity index (χ1v) is 11.4. The summed E-state index contributed by atoms with van der Waals surface area (Å²) in [6.45, 7) is 5.32. The highest BCUT2D eigenvalue weighted by atomic mass is 31.1. The third-order valence-corrected chi connectivity index (χ3v) is 7.34. The van der Waals surface area contributed by atoms with Crippen molar-refractivity contribution < 1.29 is 29.1 Å². The molecule has 4 unspecified atom stereocenters. The summed E-state index contributed by atoms with van der Waals surface area (Å²) in [4.78, 5) is 8.47. The molecule has 30 heavy (non-hydrogen) atoms. The lowest BCUT2D eigenvalue weighted by Gasteiger charge is -2.32. The molecule has 0 saturated carbocycles. The van der Waals surface area contributed by atoms with Crippen molar-refractivity contribution >= 4 is 19.2 Å². The van der Waals surface area contributed by atoms with E-state index in [1.165, 1.54) is 21.8 Å². The zero-order valence-corrected chi connectivity index (χ0v) is 18.5. The normalized spacial score (nSPS) is 28.5. The van der Waals surface area contributed by atoms with Crippen LogP contribution >= 0.6 is 8.03 Å². The predicted octanol–water partition coefficient (Wildman–Crippen LogP) is 0.647. The van der Waals surface area contributed by atoms with Gasteiger partial charge in [-0.1, -0.05) is 13.8 Å². The standard InChI is InChI=1S/C18H30N5O6P/c1-5-11(24)30(27)29-18(3,6-2)7-10-13(25)14(26)17(28-10)23-9-20-12-15(19)22(4)8-21-16(12)23/h8-11,13-14,17,19,24-26,30H,5-7H2,1-4H3/t10-,11?,13-,14-,17?,18?/m1/s1. The quantitative estimate of drug-likeness (QED) is 0.433. The Hall–Kier alpha value is -1.62. The molecule has 4 N–H and O–H groups in total. The van der Waals surface area contributed by atoms with Gasteiger partial charge in [-0.15, -0.1) is 0 Å². The molecule has 1 aliphatic heterocycles. The van der Waals surface area contributed by atoms with Gasteiger partial charge in [0.25, 0.3) is 0 Å². The van der Waals surface area contributed by atoms with Crippen molar-refractivity contribution in [1.29, 1.82) is 5.41 Å². The number of aryl methyl sites for hydroxylation is 1. The molecule has 12 heteroatoms. The number of fused-ring (bicyclic) bond motifs is 1. The molecule has 0 amide bonds. The molecule has 3 rings (SSSR count). The van der Waals surface area contributed by atoms with Gasteiger partial charge in [0.1, 0.15) is 23.6 Å². The summed E-state index contributed by atoms with van der Waals surface area (Å²) >= 11 is 0. The van der Waals surface area contributed by atoms with Crippen LogP contribution in [0.15, 0.2) is 12.7 Å². The van der Waals surface area contributed by atoms with Crippen LogP contribution in [0.3, 0.4) is 0 Å². The number of aliphatic hydroxyl groups is 3. The van der Waals surface area contributed by atoms with Gasteiger partial charge in [-0.3, -0.25) is 14.5 Å². The van der Waals surface area contributed by atoms with Gasteiger partial charge in [-0.2, -0.15) is 0 Å². The highest BCUT2D eigenvalue weighted by Crippen LogP contribution is 2.42. The molecule has 2 aromatic rings. The van der Waals surface area contributed by atoms with Gasteiger partial charge >= 0.3 is 0 Å². The number of imidazole rings is 1. The molecule has 0 spiro atoms. The maximum absolute atomic E-state index is 12.2. The average Bonchev–Trinajstić information content (AvgIpc) is 3.26. The summed E-state index contributed by atoms with van der Waals surface area (Å²) in [6.07, 6.45) is -0.359. The van der Waals surface area contributed by atoms with Crippen LogP contribution in [0.25, 0.3) is 11.2 Å². The molecule has 2 aromatic heterocycles. The van der Waals surface area contributed by atoms with E-state index >= 15 is 0 Å². The number of aliphatic hydroxyl groups excluding tert-OH is 3. The van der Waals surface area contributed by atoms with Gasteiger partial charge < -0.3 is 29.1 Å². The molecule has 168 valence electrons. The number of rotatable bonds is 8. The Morgan fingerprint density at radius 3 is 2.67 bits per heavy atom. The zero-order chi connectivity index (χ0) is 22.2. The van der Waals surface area contributed by atoms with Crippen molar-refractivity contribution in [2.45, 2.75) is 76.0 Å². The van der Waals surface area contributed by atoms with Gasteiger partial charge in [0.2, 0.25) is 8.03 Å². The fraction of sp³-hybridized carbons (Fsp3) is 0.722. The Labute approximate surface area is 174 Å². The second-order valence-corrected chi connectivity index (χ2v) is 9.44. The van der Waals surface area contributed by atoms with E-state index in [0.29, 0.717) is 24.0 Å². The minimum absolute atomic E-state index is 0.162. The molecule has 3 heterocycles. The van der Waals surface area contributed by atoms with Crippen LogP contribution in [0.5, 0.6) is 0 Å². The van der Waals surface area contributed by atoms with Crippen LogP contribution in [0.4, 0.5) is 0 Å². The van der Waals surface area contributed by atoms with E-state index in [2.05, 4.69) is 9.97 Å². The summed E-state index contributed by atoms with van der Waals surface area (Å²) in [6, 6.07) is 0. The molecule has 7 atom stereocenters. The third-order valence-electron chi connectivity index (χ3n) is 5.70. The predicted molar refractivity (Wildman–Crippen MR) is 108 cm³/mol. The van der Waals surface area contributed by atoms with E-state index in [4.69, 9.17) is 14.7 Å². The lowest BCUT2D eigenvalue weighted by Crippen LogP contribution is -2.38. The molecule has 1 aliphatic rings. The van der Waals surface area contributed by atoms with Crippen molar-refractivity contribution in [3.8, 4) is 0 Å². The minimum Gasteiger partial charge on any atom is -0.388 e. The molecule has 0 aromatic carbocycles. The van der Waals surface area contributed by atoms with Crippen LogP contribution in [-0.4, -0.2) is 64.2 Å². The smallest absolute Gasteiger partial charge is 0.219 e. The van der Waals surface area contributed by atoms with E-state index in [0.717, 1.165) is 0 Å². The first-order chi connectivity index (χ1) is 14.1. The lowest BCUT2D eigenvalue weighted by molar-refractivity contribution is -0.0629. The molecule has 11 nitrogen and oxygen atoms in total. The Bertz CT molecular complexity index is 980. The monoisotopic (exact) mass is 443 g/mol. The first-order valence-electron chi connectivity index (χ1n) is 9.97. The van der Waals surface area contributed by atoms with E-state index in [9.17, 15) is 19.9 Å². The van der Waals surface area contributed by atoms with Gasteiger partial charge in [-0.25, -0.2) is 9.97 Å². The number of nitrogens with one attached hydrogen (secondary N) is 1. The number of nitrogens with zero attached hydrogens (tertiary/aromatic N) is 4. The minimum atomic E-state index is -2.69. The van der Waals surface area contributed by atoms with E-state index in [1.54, 1.807) is 20.9 Å². The van der Waals surface area contributed by atoms with Crippen molar-refractivity contribution in [3.63, 3.8) is 0 Å². The van der Waals surface area contributed by atoms with Crippen LogP contribution in [-0.2, 0) is 20.9 Å². The van der Waals surface area contributed by atoms with Crippen LogP contribution < -0.4 is 5.49 Å². The molecule has 0 aliphatic carbocycles. The summed E-state index contributed by atoms with van der Waals surface area (Å²) in [5.74, 6) is -1.03. The molecular formula is C18H30N5O6P. The van der Waals surface area contributed by atoms with Crippen molar-refractivity contribution in [3.05, 3.63) is 18.1 Å². The van der Waals surface area contributed by atoms with Crippen molar-refractivity contribution in [1.82, 2.24) is 19.1 Å². The summed E-state index contributed by atoms with van der Waals surface area (Å²) in [5.41, 5.74) is -0.0396. The van der Waals surface area contributed by atoms with E-state index < -0.39 is 44.0 Å². The van der Waals surface area contributed by atoms with Crippen molar-refractivity contribution in [2.24, 2.45) is 7.05 Å². The number of aromatic nitrogens is 4. The number of hydrogen-bond acceptors (Lipinski definition) is 9. The maximum atomic E-state index is 12.2. The van der Waals surface area contributed by atoms with Crippen LogP contribution in [0.1, 0.15) is 46.3 Å². The fourth-order valence-electron chi connectivity index (χ4n) is 3.49. The molecule has 0 radical (unpaired) electrons. The number of ether oxygens (including phenoxy) is 1. The Kier molecular flexibility index (Phi) is 6.81. The van der Waals surface area contributed by atoms with E-state index in [1.807, 2.05) is 6.92 Å². The van der Waals surface area contributed by atoms with Gasteiger partial charge in [0.05, 0.1) is 24.4 Å². The second kappa shape index (κ2) is 8.86. The molecule has 1 fully saturated rings. The second-order valence-electron chi connectivity index (χ2n) is 7.93. The Morgan fingerprint density at radius 1 is 1.33 bits per heavy atom. The summed E-state index contributed by atoms with van der Waals surface area (Å²) in [7, 11) is -1.01. The van der Waals surface area contributed by atoms with Crippen molar-refractivity contribution in [2.75, 3.05) is 0 Å². The molecule has 0 bridgehead atoms. The Balaban J connectivity index is 1.82. The SMILES string of the molecule is CCC(O)[PH](=O)OC(C)(CC)C[C@H]1OC(n2cnc3c(=N)n(C)cnc32)[C@H](O)[C@@H]1O. The number of hydrogen-bond donors (Lipinski definition) is 4.